The number of benzene rings is 2. The first-order chi connectivity index (χ1) is 12.6. The van der Waals surface area contributed by atoms with Gasteiger partial charge in [0.05, 0.1) is 13.0 Å². The molecule has 1 atom stereocenters. The predicted molar refractivity (Wildman–Crippen MR) is 97.4 cm³/mol. The van der Waals surface area contributed by atoms with Gasteiger partial charge >= 0.3 is 0 Å². The van der Waals surface area contributed by atoms with Crippen LogP contribution in [-0.2, 0) is 4.79 Å². The Morgan fingerprint density at radius 3 is 2.77 bits per heavy atom. The van der Waals surface area contributed by atoms with E-state index in [4.69, 9.17) is 20.9 Å². The van der Waals surface area contributed by atoms with Crippen LogP contribution in [0.4, 0.5) is 5.69 Å². The van der Waals surface area contributed by atoms with Crippen LogP contribution in [0.3, 0.4) is 0 Å². The third kappa shape index (κ3) is 3.15. The number of methoxy groups -OCH3 is 1. The first kappa shape index (κ1) is 16.6. The van der Waals surface area contributed by atoms with E-state index in [-0.39, 0.29) is 11.8 Å². The molecule has 0 N–H and O–H groups in total. The summed E-state index contributed by atoms with van der Waals surface area (Å²) < 4.78 is 10.6. The van der Waals surface area contributed by atoms with Crippen LogP contribution < -0.4 is 9.64 Å². The number of carbonyl (C=O) groups excluding carboxylic acids is 1. The van der Waals surface area contributed by atoms with Crippen molar-refractivity contribution in [3.05, 3.63) is 59.4 Å². The van der Waals surface area contributed by atoms with Crippen molar-refractivity contribution < 1.29 is 14.1 Å². The number of halogens is 1. The van der Waals surface area contributed by atoms with E-state index in [0.29, 0.717) is 29.7 Å². The molecule has 4 rings (SSSR count). The van der Waals surface area contributed by atoms with E-state index in [0.717, 1.165) is 17.0 Å². The molecule has 1 fully saturated rings. The van der Waals surface area contributed by atoms with E-state index < -0.39 is 0 Å². The molecule has 7 heteroatoms. The summed E-state index contributed by atoms with van der Waals surface area (Å²) >= 11 is 6.03. The summed E-state index contributed by atoms with van der Waals surface area (Å²) in [6.07, 6.45) is 0.330. The van der Waals surface area contributed by atoms with Gasteiger partial charge in [-0.25, -0.2) is 0 Å². The Labute approximate surface area is 155 Å². The SMILES string of the molecule is COc1ccc(-c2noc([C@@H]3CC(=O)N(c4cccc(Cl)c4)C3)n2)cc1. The second kappa shape index (κ2) is 6.80. The fourth-order valence-corrected chi connectivity index (χ4v) is 3.21. The first-order valence-electron chi connectivity index (χ1n) is 8.18. The van der Waals surface area contributed by atoms with Crippen LogP contribution in [0.5, 0.6) is 5.75 Å². The van der Waals surface area contributed by atoms with Crippen molar-refractivity contribution in [2.24, 2.45) is 0 Å². The van der Waals surface area contributed by atoms with Gasteiger partial charge in [0.1, 0.15) is 5.75 Å². The van der Waals surface area contributed by atoms with Gasteiger partial charge in [0.15, 0.2) is 0 Å². The Kier molecular flexibility index (Phi) is 4.34. The molecule has 1 aliphatic rings. The maximum atomic E-state index is 12.4. The maximum absolute atomic E-state index is 12.4. The third-order valence-electron chi connectivity index (χ3n) is 4.38. The van der Waals surface area contributed by atoms with Gasteiger partial charge in [0.25, 0.3) is 0 Å². The highest BCUT2D eigenvalue weighted by molar-refractivity contribution is 6.30. The number of hydrogen-bond donors (Lipinski definition) is 0. The Bertz CT molecular complexity index is 939. The van der Waals surface area contributed by atoms with Crippen LogP contribution in [0.15, 0.2) is 53.1 Å². The van der Waals surface area contributed by atoms with Crippen LogP contribution in [0.2, 0.25) is 5.02 Å². The summed E-state index contributed by atoms with van der Waals surface area (Å²) in [6.45, 7) is 0.490. The van der Waals surface area contributed by atoms with Gasteiger partial charge < -0.3 is 14.2 Å². The van der Waals surface area contributed by atoms with Crippen molar-refractivity contribution >= 4 is 23.2 Å². The molecule has 0 radical (unpaired) electrons. The van der Waals surface area contributed by atoms with Crippen molar-refractivity contribution in [2.45, 2.75) is 12.3 Å². The van der Waals surface area contributed by atoms with Crippen LogP contribution in [-0.4, -0.2) is 29.7 Å². The monoisotopic (exact) mass is 369 g/mol. The molecule has 2 aromatic carbocycles. The predicted octanol–water partition coefficient (Wildman–Crippen LogP) is 3.92. The minimum absolute atomic E-state index is 0.0152. The van der Waals surface area contributed by atoms with E-state index in [1.54, 1.807) is 24.1 Å². The zero-order valence-corrected chi connectivity index (χ0v) is 14.8. The summed E-state index contributed by atoms with van der Waals surface area (Å²) in [7, 11) is 1.62. The first-order valence-corrected chi connectivity index (χ1v) is 8.56. The molecule has 1 aromatic heterocycles. The highest BCUT2D eigenvalue weighted by atomic mass is 35.5. The number of carbonyl (C=O) groups is 1. The maximum Gasteiger partial charge on any atom is 0.232 e. The molecule has 0 bridgehead atoms. The Balaban J connectivity index is 1.53. The molecule has 1 aliphatic heterocycles. The molecule has 3 aromatic rings. The highest BCUT2D eigenvalue weighted by Crippen LogP contribution is 2.33. The highest BCUT2D eigenvalue weighted by Gasteiger charge is 2.35. The van der Waals surface area contributed by atoms with Crippen molar-refractivity contribution in [1.29, 1.82) is 0 Å². The molecule has 1 amide bonds. The van der Waals surface area contributed by atoms with E-state index in [9.17, 15) is 4.79 Å². The number of anilines is 1. The Morgan fingerprint density at radius 2 is 2.04 bits per heavy atom. The van der Waals surface area contributed by atoms with Crippen molar-refractivity contribution in [2.75, 3.05) is 18.6 Å². The van der Waals surface area contributed by atoms with Gasteiger partial charge in [-0.05, 0) is 42.5 Å². The Morgan fingerprint density at radius 1 is 1.23 bits per heavy atom. The third-order valence-corrected chi connectivity index (χ3v) is 4.62. The second-order valence-corrected chi connectivity index (χ2v) is 6.51. The van der Waals surface area contributed by atoms with Crippen LogP contribution >= 0.6 is 11.6 Å². The Hall–Kier alpha value is -2.86. The number of ether oxygens (including phenoxy) is 1. The molecule has 132 valence electrons. The smallest absolute Gasteiger partial charge is 0.232 e. The standard InChI is InChI=1S/C19H16ClN3O3/c1-25-16-7-5-12(6-8-16)18-21-19(26-22-18)13-9-17(24)23(11-13)15-4-2-3-14(20)10-15/h2-8,10,13H,9,11H2,1H3/t13-/m1/s1. The average Bonchev–Trinajstić information content (AvgIpc) is 3.29. The average molecular weight is 370 g/mol. The normalized spacial score (nSPS) is 16.9. The van der Waals surface area contributed by atoms with Gasteiger partial charge in [0, 0.05) is 29.2 Å². The largest absolute Gasteiger partial charge is 0.497 e. The van der Waals surface area contributed by atoms with Crippen molar-refractivity contribution in [3.63, 3.8) is 0 Å². The summed E-state index contributed by atoms with van der Waals surface area (Å²) in [5.74, 6) is 1.60. The minimum atomic E-state index is -0.138. The zero-order valence-electron chi connectivity index (χ0n) is 14.1. The molecule has 6 nitrogen and oxygen atoms in total. The fourth-order valence-electron chi connectivity index (χ4n) is 3.02. The molecule has 2 heterocycles. The lowest BCUT2D eigenvalue weighted by Gasteiger charge is -2.16. The number of rotatable bonds is 4. The molecule has 0 aliphatic carbocycles. The molecule has 1 saturated heterocycles. The van der Waals surface area contributed by atoms with E-state index >= 15 is 0 Å². The molecule has 0 saturated carbocycles. The lowest BCUT2D eigenvalue weighted by molar-refractivity contribution is -0.117. The second-order valence-electron chi connectivity index (χ2n) is 6.07. The van der Waals surface area contributed by atoms with Crippen molar-refractivity contribution in [1.82, 2.24) is 10.1 Å². The van der Waals surface area contributed by atoms with Crippen LogP contribution in [0.1, 0.15) is 18.2 Å². The summed E-state index contributed by atoms with van der Waals surface area (Å²) in [5.41, 5.74) is 1.61. The molecular formula is C19H16ClN3O3. The lowest BCUT2D eigenvalue weighted by Crippen LogP contribution is -2.24. The summed E-state index contributed by atoms with van der Waals surface area (Å²) in [6, 6.07) is 14.7. The molecule has 0 spiro atoms. The molecule has 0 unspecified atom stereocenters. The van der Waals surface area contributed by atoms with Gasteiger partial charge in [-0.1, -0.05) is 22.8 Å². The summed E-state index contributed by atoms with van der Waals surface area (Å²) in [4.78, 5) is 18.6. The minimum Gasteiger partial charge on any atom is -0.497 e. The van der Waals surface area contributed by atoms with E-state index in [1.165, 1.54) is 0 Å². The molecule has 26 heavy (non-hydrogen) atoms. The van der Waals surface area contributed by atoms with Gasteiger partial charge in [-0.15, -0.1) is 0 Å². The summed E-state index contributed by atoms with van der Waals surface area (Å²) in [5, 5.41) is 4.64. The van der Waals surface area contributed by atoms with Gasteiger partial charge in [-0.3, -0.25) is 4.79 Å². The lowest BCUT2D eigenvalue weighted by atomic mass is 10.1. The van der Waals surface area contributed by atoms with Crippen molar-refractivity contribution in [3.8, 4) is 17.1 Å². The number of aromatic nitrogens is 2. The van der Waals surface area contributed by atoms with Crippen LogP contribution in [0, 0.1) is 0 Å². The topological polar surface area (TPSA) is 68.5 Å². The molecular weight excluding hydrogens is 354 g/mol. The quantitative estimate of drug-likeness (QED) is 0.697. The van der Waals surface area contributed by atoms with E-state index in [2.05, 4.69) is 10.1 Å². The zero-order chi connectivity index (χ0) is 18.1. The fraction of sp³-hybridized carbons (Fsp3) is 0.211. The van der Waals surface area contributed by atoms with Gasteiger partial charge in [-0.2, -0.15) is 4.98 Å². The number of amides is 1. The van der Waals surface area contributed by atoms with Crippen LogP contribution in [0.25, 0.3) is 11.4 Å². The van der Waals surface area contributed by atoms with Gasteiger partial charge in [0.2, 0.25) is 17.6 Å². The number of nitrogens with zero attached hydrogens (tertiary/aromatic N) is 3. The number of hydrogen-bond acceptors (Lipinski definition) is 5. The van der Waals surface area contributed by atoms with E-state index in [1.807, 2.05) is 36.4 Å².